The van der Waals surface area contributed by atoms with E-state index in [4.69, 9.17) is 9.47 Å². The summed E-state index contributed by atoms with van der Waals surface area (Å²) in [5, 5.41) is 6.90. The highest BCUT2D eigenvalue weighted by molar-refractivity contribution is 5.79. The van der Waals surface area contributed by atoms with E-state index >= 15 is 0 Å². The summed E-state index contributed by atoms with van der Waals surface area (Å²) in [7, 11) is 3.49. The van der Waals surface area contributed by atoms with Crippen LogP contribution in [0, 0.1) is 6.92 Å². The highest BCUT2D eigenvalue weighted by Gasteiger charge is 2.22. The van der Waals surface area contributed by atoms with Gasteiger partial charge < -0.3 is 20.1 Å². The summed E-state index contributed by atoms with van der Waals surface area (Å²) in [5.74, 6) is 1.66. The topological polar surface area (TPSA) is 58.1 Å². The second kappa shape index (κ2) is 10.8. The minimum absolute atomic E-state index is 0.268. The smallest absolute Gasteiger partial charge is 0.191 e. The van der Waals surface area contributed by atoms with Gasteiger partial charge in [0.25, 0.3) is 0 Å². The van der Waals surface area contributed by atoms with Crippen LogP contribution >= 0.6 is 0 Å². The second-order valence-corrected chi connectivity index (χ2v) is 7.19. The van der Waals surface area contributed by atoms with Crippen molar-refractivity contribution in [3.05, 3.63) is 65.2 Å². The maximum absolute atomic E-state index is 5.55. The summed E-state index contributed by atoms with van der Waals surface area (Å²) in [4.78, 5) is 6.87. The molecule has 1 aliphatic heterocycles. The number of hydrogen-bond donors (Lipinski definition) is 2. The van der Waals surface area contributed by atoms with Crippen molar-refractivity contribution in [3.8, 4) is 5.75 Å². The minimum Gasteiger partial charge on any atom is -0.496 e. The number of morpholine rings is 1. The Hall–Kier alpha value is -2.57. The maximum atomic E-state index is 5.55. The first-order valence-corrected chi connectivity index (χ1v) is 10.2. The zero-order valence-electron chi connectivity index (χ0n) is 17.6. The number of ether oxygens (including phenoxy) is 2. The molecule has 0 radical (unpaired) electrons. The predicted molar refractivity (Wildman–Crippen MR) is 118 cm³/mol. The number of aliphatic imine (C=N–C) groups is 1. The van der Waals surface area contributed by atoms with Gasteiger partial charge in [-0.05, 0) is 18.6 Å². The summed E-state index contributed by atoms with van der Waals surface area (Å²) < 4.78 is 11.0. The van der Waals surface area contributed by atoms with E-state index in [0.717, 1.165) is 50.1 Å². The molecule has 1 saturated heterocycles. The molecule has 0 amide bonds. The number of hydrogen-bond acceptors (Lipinski definition) is 4. The Morgan fingerprint density at radius 2 is 1.83 bits per heavy atom. The molecule has 0 spiro atoms. The maximum Gasteiger partial charge on any atom is 0.191 e. The first-order chi connectivity index (χ1) is 14.2. The standard InChI is InChI=1S/C23H32N4O2/c1-18-8-10-19(11-9-18)21(27-12-14-29-15-13-27)17-26-23(24-2)25-16-20-6-4-5-7-22(20)28-3/h4-11,21H,12-17H2,1-3H3,(H2,24,25,26). The fraction of sp³-hybridized carbons (Fsp3) is 0.435. The number of guanidine groups is 1. The first kappa shape index (κ1) is 21.1. The van der Waals surface area contributed by atoms with Crippen molar-refractivity contribution in [1.29, 1.82) is 0 Å². The van der Waals surface area contributed by atoms with Gasteiger partial charge in [-0.25, -0.2) is 0 Å². The van der Waals surface area contributed by atoms with Gasteiger partial charge in [0.15, 0.2) is 5.96 Å². The van der Waals surface area contributed by atoms with Crippen LogP contribution in [0.25, 0.3) is 0 Å². The fourth-order valence-electron chi connectivity index (χ4n) is 3.58. The lowest BCUT2D eigenvalue weighted by Crippen LogP contribution is -2.46. The molecule has 29 heavy (non-hydrogen) atoms. The van der Waals surface area contributed by atoms with Crippen LogP contribution in [0.5, 0.6) is 5.75 Å². The Morgan fingerprint density at radius 1 is 1.10 bits per heavy atom. The van der Waals surface area contributed by atoms with E-state index in [1.807, 2.05) is 18.2 Å². The lowest BCUT2D eigenvalue weighted by molar-refractivity contribution is 0.0170. The van der Waals surface area contributed by atoms with E-state index in [1.54, 1.807) is 14.2 Å². The van der Waals surface area contributed by atoms with Gasteiger partial charge in [0, 0.05) is 38.8 Å². The molecular formula is C23H32N4O2. The number of rotatable bonds is 7. The van der Waals surface area contributed by atoms with E-state index in [9.17, 15) is 0 Å². The van der Waals surface area contributed by atoms with Gasteiger partial charge in [0.1, 0.15) is 5.75 Å². The molecule has 3 rings (SSSR count). The van der Waals surface area contributed by atoms with E-state index < -0.39 is 0 Å². The quantitative estimate of drug-likeness (QED) is 0.557. The Morgan fingerprint density at radius 3 is 2.52 bits per heavy atom. The minimum atomic E-state index is 0.268. The number of aryl methyl sites for hydroxylation is 1. The predicted octanol–water partition coefficient (Wildman–Crippen LogP) is 2.74. The fourth-order valence-corrected chi connectivity index (χ4v) is 3.58. The van der Waals surface area contributed by atoms with Crippen molar-refractivity contribution in [2.45, 2.75) is 19.5 Å². The van der Waals surface area contributed by atoms with Crippen LogP contribution in [0.2, 0.25) is 0 Å². The average Bonchev–Trinajstić information content (AvgIpc) is 2.78. The molecule has 1 fully saturated rings. The van der Waals surface area contributed by atoms with Crippen LogP contribution in [0.1, 0.15) is 22.7 Å². The number of para-hydroxylation sites is 1. The van der Waals surface area contributed by atoms with Gasteiger partial charge in [-0.3, -0.25) is 9.89 Å². The molecule has 2 aromatic rings. The third-order valence-corrected chi connectivity index (χ3v) is 5.27. The molecule has 0 aliphatic carbocycles. The zero-order valence-corrected chi connectivity index (χ0v) is 17.6. The Bertz CT molecular complexity index is 786. The molecule has 1 atom stereocenters. The van der Waals surface area contributed by atoms with Crippen LogP contribution in [0.15, 0.2) is 53.5 Å². The van der Waals surface area contributed by atoms with Gasteiger partial charge in [0.2, 0.25) is 0 Å². The van der Waals surface area contributed by atoms with Crippen molar-refractivity contribution in [3.63, 3.8) is 0 Å². The van der Waals surface area contributed by atoms with E-state index in [-0.39, 0.29) is 6.04 Å². The molecule has 1 heterocycles. The van der Waals surface area contributed by atoms with Crippen molar-refractivity contribution in [2.75, 3.05) is 47.0 Å². The summed E-state index contributed by atoms with van der Waals surface area (Å²) >= 11 is 0. The number of nitrogens with zero attached hydrogens (tertiary/aromatic N) is 2. The summed E-state index contributed by atoms with van der Waals surface area (Å²) in [6.45, 7) is 6.98. The highest BCUT2D eigenvalue weighted by Crippen LogP contribution is 2.22. The lowest BCUT2D eigenvalue weighted by Gasteiger charge is -2.35. The summed E-state index contributed by atoms with van der Waals surface area (Å²) in [6, 6.07) is 17.1. The number of benzene rings is 2. The number of methoxy groups -OCH3 is 1. The van der Waals surface area contributed by atoms with Gasteiger partial charge in [0.05, 0.1) is 26.4 Å². The van der Waals surface area contributed by atoms with Crippen molar-refractivity contribution < 1.29 is 9.47 Å². The van der Waals surface area contributed by atoms with Crippen molar-refractivity contribution >= 4 is 5.96 Å². The van der Waals surface area contributed by atoms with E-state index in [2.05, 4.69) is 57.8 Å². The normalized spacial score (nSPS) is 16.3. The van der Waals surface area contributed by atoms with E-state index in [0.29, 0.717) is 6.54 Å². The molecule has 6 nitrogen and oxygen atoms in total. The van der Waals surface area contributed by atoms with Crippen LogP contribution < -0.4 is 15.4 Å². The summed E-state index contributed by atoms with van der Waals surface area (Å²) in [6.07, 6.45) is 0. The van der Waals surface area contributed by atoms with Gasteiger partial charge in [-0.1, -0.05) is 48.0 Å². The van der Waals surface area contributed by atoms with Crippen LogP contribution in [-0.4, -0.2) is 57.9 Å². The molecule has 156 valence electrons. The SMILES string of the molecule is CN=C(NCc1ccccc1OC)NCC(c1ccc(C)cc1)N1CCOCC1. The molecule has 1 unspecified atom stereocenters. The molecule has 2 aromatic carbocycles. The van der Waals surface area contributed by atoms with Crippen LogP contribution in [0.3, 0.4) is 0 Å². The number of nitrogens with one attached hydrogen (secondary N) is 2. The molecule has 1 aliphatic rings. The van der Waals surface area contributed by atoms with Crippen molar-refractivity contribution in [1.82, 2.24) is 15.5 Å². The van der Waals surface area contributed by atoms with Crippen LogP contribution in [-0.2, 0) is 11.3 Å². The Balaban J connectivity index is 1.64. The molecule has 0 bridgehead atoms. The van der Waals surface area contributed by atoms with Gasteiger partial charge in [-0.2, -0.15) is 0 Å². The third kappa shape index (κ3) is 5.95. The Kier molecular flexibility index (Phi) is 7.90. The lowest BCUT2D eigenvalue weighted by atomic mass is 10.0. The largest absolute Gasteiger partial charge is 0.496 e. The third-order valence-electron chi connectivity index (χ3n) is 5.27. The first-order valence-electron chi connectivity index (χ1n) is 10.2. The van der Waals surface area contributed by atoms with Gasteiger partial charge >= 0.3 is 0 Å². The second-order valence-electron chi connectivity index (χ2n) is 7.19. The summed E-state index contributed by atoms with van der Waals surface area (Å²) in [5.41, 5.74) is 3.68. The van der Waals surface area contributed by atoms with Gasteiger partial charge in [-0.15, -0.1) is 0 Å². The highest BCUT2D eigenvalue weighted by atomic mass is 16.5. The zero-order chi connectivity index (χ0) is 20.5. The Labute approximate surface area is 173 Å². The average molecular weight is 397 g/mol. The molecule has 0 saturated carbocycles. The molecule has 6 heteroatoms. The van der Waals surface area contributed by atoms with Crippen LogP contribution in [0.4, 0.5) is 0 Å². The monoisotopic (exact) mass is 396 g/mol. The molecular weight excluding hydrogens is 364 g/mol. The van der Waals surface area contributed by atoms with Crippen molar-refractivity contribution in [2.24, 2.45) is 4.99 Å². The van der Waals surface area contributed by atoms with E-state index in [1.165, 1.54) is 11.1 Å². The molecule has 0 aromatic heterocycles. The molecule has 2 N–H and O–H groups in total.